The maximum absolute atomic E-state index is 13.8. The minimum atomic E-state index is -4.80. The van der Waals surface area contributed by atoms with Crippen LogP contribution in [-0.2, 0) is 16.0 Å². The zero-order valence-corrected chi connectivity index (χ0v) is 17.6. The van der Waals surface area contributed by atoms with Crippen molar-refractivity contribution >= 4 is 27.3 Å². The highest BCUT2D eigenvalue weighted by molar-refractivity contribution is 7.90. The minimum Gasteiger partial charge on any atom is -0.336 e. The number of carbonyl (C=O) groups excluding carboxylic acids is 1. The molecule has 30 heavy (non-hydrogen) atoms. The van der Waals surface area contributed by atoms with Gasteiger partial charge in [0.1, 0.15) is 9.84 Å². The molecule has 164 valence electrons. The Kier molecular flexibility index (Phi) is 6.44. The van der Waals surface area contributed by atoms with Crippen molar-refractivity contribution in [2.24, 2.45) is 0 Å². The number of alkyl halides is 3. The fraction of sp³-hybridized carbons (Fsp3) is 0.444. The van der Waals surface area contributed by atoms with E-state index in [4.69, 9.17) is 11.6 Å². The molecule has 0 unspecified atom stereocenters. The van der Waals surface area contributed by atoms with E-state index in [1.807, 2.05) is 4.90 Å². The standard InChI is InChI=1S/C18H20ClF3N4O3S/c1-30(28,29)10-9-24-5-7-25(8-6-24)17(27)15-12-23-26(16(15)18(20,21)22)14-4-2-3-13(19)11-14/h2-4,11-12H,5-10H2,1H3. The molecule has 0 bridgehead atoms. The average Bonchev–Trinajstić information content (AvgIpc) is 3.11. The van der Waals surface area contributed by atoms with Crippen LogP contribution in [0.3, 0.4) is 0 Å². The number of rotatable bonds is 5. The van der Waals surface area contributed by atoms with Gasteiger partial charge in [0.05, 0.1) is 23.2 Å². The molecular weight excluding hydrogens is 445 g/mol. The molecule has 0 aliphatic carbocycles. The molecule has 1 fully saturated rings. The lowest BCUT2D eigenvalue weighted by atomic mass is 10.2. The topological polar surface area (TPSA) is 75.5 Å². The molecule has 0 radical (unpaired) electrons. The van der Waals surface area contributed by atoms with E-state index in [-0.39, 0.29) is 29.6 Å². The number of hydrogen-bond acceptors (Lipinski definition) is 5. The molecule has 12 heteroatoms. The van der Waals surface area contributed by atoms with Gasteiger partial charge in [-0.3, -0.25) is 9.69 Å². The Morgan fingerprint density at radius 1 is 1.20 bits per heavy atom. The van der Waals surface area contributed by atoms with Gasteiger partial charge in [-0.1, -0.05) is 17.7 Å². The van der Waals surface area contributed by atoms with Gasteiger partial charge in [0.2, 0.25) is 0 Å². The molecular formula is C18H20ClF3N4O3S. The van der Waals surface area contributed by atoms with E-state index in [1.165, 1.54) is 29.2 Å². The van der Waals surface area contributed by atoms with Crippen LogP contribution in [0.5, 0.6) is 0 Å². The van der Waals surface area contributed by atoms with Gasteiger partial charge in [0, 0.05) is 44.0 Å². The van der Waals surface area contributed by atoms with E-state index in [0.29, 0.717) is 24.3 Å². The molecule has 1 aromatic carbocycles. The predicted molar refractivity (Wildman–Crippen MR) is 106 cm³/mol. The van der Waals surface area contributed by atoms with Crippen molar-refractivity contribution in [3.8, 4) is 5.69 Å². The highest BCUT2D eigenvalue weighted by Crippen LogP contribution is 2.34. The summed E-state index contributed by atoms with van der Waals surface area (Å²) in [7, 11) is -3.11. The summed E-state index contributed by atoms with van der Waals surface area (Å²) in [6, 6.07) is 5.77. The maximum atomic E-state index is 13.8. The highest BCUT2D eigenvalue weighted by Gasteiger charge is 2.41. The number of aromatic nitrogens is 2. The number of piperazine rings is 1. The summed E-state index contributed by atoms with van der Waals surface area (Å²) in [4.78, 5) is 16.0. The lowest BCUT2D eigenvalue weighted by Crippen LogP contribution is -2.49. The Labute approximate surface area is 176 Å². The van der Waals surface area contributed by atoms with Crippen molar-refractivity contribution in [2.45, 2.75) is 6.18 Å². The molecule has 1 aromatic heterocycles. The van der Waals surface area contributed by atoms with Crippen molar-refractivity contribution in [1.29, 1.82) is 0 Å². The smallest absolute Gasteiger partial charge is 0.336 e. The summed E-state index contributed by atoms with van der Waals surface area (Å²) in [5.74, 6) is -0.774. The second-order valence-electron chi connectivity index (χ2n) is 7.06. The third-order valence-corrected chi connectivity index (χ3v) is 5.92. The lowest BCUT2D eigenvalue weighted by molar-refractivity contribution is -0.143. The zero-order valence-electron chi connectivity index (χ0n) is 16.1. The number of benzene rings is 1. The molecule has 0 N–H and O–H groups in total. The predicted octanol–water partition coefficient (Wildman–Crippen LogP) is 2.35. The van der Waals surface area contributed by atoms with E-state index in [9.17, 15) is 26.4 Å². The molecule has 1 aliphatic rings. The Bertz CT molecular complexity index is 1030. The average molecular weight is 465 g/mol. The van der Waals surface area contributed by atoms with Gasteiger partial charge in [0.25, 0.3) is 5.91 Å². The largest absolute Gasteiger partial charge is 0.434 e. The van der Waals surface area contributed by atoms with Crippen LogP contribution in [0.1, 0.15) is 16.1 Å². The second kappa shape index (κ2) is 8.56. The lowest BCUT2D eigenvalue weighted by Gasteiger charge is -2.34. The van der Waals surface area contributed by atoms with Crippen LogP contribution in [0.15, 0.2) is 30.5 Å². The van der Waals surface area contributed by atoms with Crippen molar-refractivity contribution < 1.29 is 26.4 Å². The van der Waals surface area contributed by atoms with E-state index < -0.39 is 33.2 Å². The summed E-state index contributed by atoms with van der Waals surface area (Å²) in [6.07, 6.45) is -2.74. The number of halogens is 4. The van der Waals surface area contributed by atoms with Gasteiger partial charge in [-0.15, -0.1) is 0 Å². The number of sulfone groups is 1. The molecule has 0 spiro atoms. The number of hydrogen-bond donors (Lipinski definition) is 0. The minimum absolute atomic E-state index is 0.00836. The van der Waals surface area contributed by atoms with Gasteiger partial charge in [-0.2, -0.15) is 18.3 Å². The SMILES string of the molecule is CS(=O)(=O)CCN1CCN(C(=O)c2cnn(-c3cccc(Cl)c3)c2C(F)(F)F)CC1. The first-order valence-corrected chi connectivity index (χ1v) is 11.5. The molecule has 0 atom stereocenters. The van der Waals surface area contributed by atoms with Crippen molar-refractivity contribution in [3.05, 3.63) is 46.7 Å². The molecule has 2 heterocycles. The summed E-state index contributed by atoms with van der Waals surface area (Å²) in [6.45, 7) is 1.47. The zero-order chi connectivity index (χ0) is 22.1. The van der Waals surface area contributed by atoms with Crippen LogP contribution in [-0.4, -0.2) is 78.6 Å². The van der Waals surface area contributed by atoms with Gasteiger partial charge in [-0.25, -0.2) is 13.1 Å². The first-order chi connectivity index (χ1) is 14.0. The molecule has 7 nitrogen and oxygen atoms in total. The monoisotopic (exact) mass is 464 g/mol. The summed E-state index contributed by atoms with van der Waals surface area (Å²) < 4.78 is 64.6. The van der Waals surface area contributed by atoms with Crippen LogP contribution in [0.25, 0.3) is 5.69 Å². The van der Waals surface area contributed by atoms with Crippen LogP contribution in [0.4, 0.5) is 13.2 Å². The van der Waals surface area contributed by atoms with Gasteiger partial charge in [-0.05, 0) is 18.2 Å². The first kappa shape index (κ1) is 22.6. The number of carbonyl (C=O) groups is 1. The quantitative estimate of drug-likeness (QED) is 0.679. The van der Waals surface area contributed by atoms with Gasteiger partial charge < -0.3 is 4.90 Å². The van der Waals surface area contributed by atoms with Crippen LogP contribution < -0.4 is 0 Å². The molecule has 1 amide bonds. The van der Waals surface area contributed by atoms with E-state index >= 15 is 0 Å². The second-order valence-corrected chi connectivity index (χ2v) is 9.76. The molecule has 1 saturated heterocycles. The number of amides is 1. The normalized spacial score (nSPS) is 16.1. The molecule has 2 aromatic rings. The van der Waals surface area contributed by atoms with Gasteiger partial charge >= 0.3 is 6.18 Å². The third-order valence-electron chi connectivity index (χ3n) is 4.76. The number of nitrogens with zero attached hydrogens (tertiary/aromatic N) is 4. The Balaban J connectivity index is 1.80. The Morgan fingerprint density at radius 3 is 2.43 bits per heavy atom. The van der Waals surface area contributed by atoms with E-state index in [1.54, 1.807) is 0 Å². The summed E-state index contributed by atoms with van der Waals surface area (Å²) in [5.41, 5.74) is -1.60. The van der Waals surface area contributed by atoms with Crippen molar-refractivity contribution in [3.63, 3.8) is 0 Å². The molecule has 0 saturated carbocycles. The van der Waals surface area contributed by atoms with E-state index in [2.05, 4.69) is 5.10 Å². The Hall–Kier alpha value is -2.11. The summed E-state index contributed by atoms with van der Waals surface area (Å²) >= 11 is 5.88. The highest BCUT2D eigenvalue weighted by atomic mass is 35.5. The van der Waals surface area contributed by atoms with Crippen LogP contribution >= 0.6 is 11.6 Å². The van der Waals surface area contributed by atoms with E-state index in [0.717, 1.165) is 12.5 Å². The van der Waals surface area contributed by atoms with Crippen LogP contribution in [0, 0.1) is 0 Å². The Morgan fingerprint density at radius 2 is 1.87 bits per heavy atom. The van der Waals surface area contributed by atoms with Crippen molar-refractivity contribution in [2.75, 3.05) is 44.7 Å². The maximum Gasteiger partial charge on any atom is 0.434 e. The fourth-order valence-electron chi connectivity index (χ4n) is 3.22. The van der Waals surface area contributed by atoms with Crippen LogP contribution in [0.2, 0.25) is 5.02 Å². The first-order valence-electron chi connectivity index (χ1n) is 9.06. The summed E-state index contributed by atoms with van der Waals surface area (Å²) in [5, 5.41) is 4.04. The van der Waals surface area contributed by atoms with Crippen molar-refractivity contribution in [1.82, 2.24) is 19.6 Å². The third kappa shape index (κ3) is 5.32. The molecule has 1 aliphatic heterocycles. The fourth-order valence-corrected chi connectivity index (χ4v) is 4.00. The van der Waals surface area contributed by atoms with Gasteiger partial charge in [0.15, 0.2) is 5.69 Å². The molecule has 3 rings (SSSR count).